The summed E-state index contributed by atoms with van der Waals surface area (Å²) in [7, 11) is 0. The molecule has 0 saturated carbocycles. The molecule has 0 atom stereocenters. The van der Waals surface area contributed by atoms with E-state index in [0.717, 1.165) is 17.4 Å². The minimum atomic E-state index is -0.657. The van der Waals surface area contributed by atoms with E-state index in [1.165, 1.54) is 35.8 Å². The van der Waals surface area contributed by atoms with Gasteiger partial charge >= 0.3 is 5.00 Å². The number of benzene rings is 2. The number of pyridine rings is 1. The molecule has 9 heteroatoms. The van der Waals surface area contributed by atoms with Gasteiger partial charge in [0, 0.05) is 17.0 Å². The van der Waals surface area contributed by atoms with E-state index in [-0.39, 0.29) is 31.9 Å². The molecule has 2 heterocycles. The van der Waals surface area contributed by atoms with Crippen molar-refractivity contribution < 1.29 is 14.1 Å². The van der Waals surface area contributed by atoms with Crippen molar-refractivity contribution in [2.45, 2.75) is 6.92 Å². The van der Waals surface area contributed by atoms with Crippen molar-refractivity contribution in [3.05, 3.63) is 103 Å². The molecule has 0 unspecified atom stereocenters. The molecule has 150 valence electrons. The summed E-state index contributed by atoms with van der Waals surface area (Å²) < 4.78 is 14.9. The van der Waals surface area contributed by atoms with Crippen molar-refractivity contribution in [2.24, 2.45) is 0 Å². The second-order valence-corrected chi connectivity index (χ2v) is 7.89. The topological polar surface area (TPSA) is 82.2 Å². The Morgan fingerprint density at radius 2 is 1.90 bits per heavy atom. The summed E-state index contributed by atoms with van der Waals surface area (Å²) in [6, 6.07) is 13.0. The molecular weight excluding hydrogens is 431 g/mol. The van der Waals surface area contributed by atoms with Crippen LogP contribution in [-0.2, 0) is 0 Å². The highest BCUT2D eigenvalue weighted by Gasteiger charge is 2.30. The standard InChI is InChI=1S/C21H12ClFN2O4S/c1-11-10-12(6-8-15(11)23)19(27)18-13-7-9-17(26)24(16-5-3-2-4-14(16)22)20(13)30-21(18)25(28)29/h2-10H,1H3. The summed E-state index contributed by atoms with van der Waals surface area (Å²) in [4.78, 5) is 37.1. The molecule has 0 aliphatic carbocycles. The van der Waals surface area contributed by atoms with Crippen molar-refractivity contribution in [3.63, 3.8) is 0 Å². The third-order valence-electron chi connectivity index (χ3n) is 4.63. The average Bonchev–Trinajstić information content (AvgIpc) is 3.10. The number of halogens is 2. The lowest BCUT2D eigenvalue weighted by Crippen LogP contribution is -2.17. The Hall–Kier alpha value is -3.36. The minimum Gasteiger partial charge on any atom is -0.288 e. The van der Waals surface area contributed by atoms with Gasteiger partial charge in [-0.05, 0) is 60.2 Å². The number of carbonyl (C=O) groups is 1. The van der Waals surface area contributed by atoms with Crippen molar-refractivity contribution in [3.8, 4) is 5.69 Å². The fraction of sp³-hybridized carbons (Fsp3) is 0.0476. The molecule has 0 radical (unpaired) electrons. The van der Waals surface area contributed by atoms with Gasteiger partial charge in [0.1, 0.15) is 16.2 Å². The van der Waals surface area contributed by atoms with Crippen molar-refractivity contribution >= 4 is 43.9 Å². The molecule has 6 nitrogen and oxygen atoms in total. The average molecular weight is 443 g/mol. The molecule has 0 aliphatic heterocycles. The molecule has 0 aliphatic rings. The molecule has 2 aromatic heterocycles. The van der Waals surface area contributed by atoms with Crippen molar-refractivity contribution in [1.82, 2.24) is 4.57 Å². The smallest absolute Gasteiger partial charge is 0.288 e. The summed E-state index contributed by atoms with van der Waals surface area (Å²) in [5.74, 6) is -1.11. The fourth-order valence-corrected chi connectivity index (χ4v) is 4.55. The first kappa shape index (κ1) is 19.9. The first-order chi connectivity index (χ1) is 14.3. The number of para-hydroxylation sites is 1. The van der Waals surface area contributed by atoms with Crippen LogP contribution in [-0.4, -0.2) is 15.3 Å². The van der Waals surface area contributed by atoms with E-state index in [4.69, 9.17) is 11.6 Å². The highest BCUT2D eigenvalue weighted by molar-refractivity contribution is 7.22. The van der Waals surface area contributed by atoms with Crippen LogP contribution in [0.5, 0.6) is 0 Å². The Morgan fingerprint density at radius 1 is 1.17 bits per heavy atom. The van der Waals surface area contributed by atoms with Crippen LogP contribution >= 0.6 is 22.9 Å². The maximum absolute atomic E-state index is 13.6. The molecule has 30 heavy (non-hydrogen) atoms. The number of rotatable bonds is 4. The van der Waals surface area contributed by atoms with Gasteiger partial charge < -0.3 is 0 Å². The zero-order valence-electron chi connectivity index (χ0n) is 15.4. The number of hydrogen-bond donors (Lipinski definition) is 0. The number of carbonyl (C=O) groups excluding carboxylic acids is 1. The van der Waals surface area contributed by atoms with E-state index in [9.17, 15) is 24.1 Å². The van der Waals surface area contributed by atoms with Crippen molar-refractivity contribution in [2.75, 3.05) is 0 Å². The third kappa shape index (κ3) is 3.20. The highest BCUT2D eigenvalue weighted by Crippen LogP contribution is 2.39. The number of hydrogen-bond acceptors (Lipinski definition) is 5. The summed E-state index contributed by atoms with van der Waals surface area (Å²) >= 11 is 6.96. The maximum atomic E-state index is 13.6. The largest absolute Gasteiger partial charge is 0.337 e. The van der Waals surface area contributed by atoms with E-state index in [1.54, 1.807) is 24.3 Å². The lowest BCUT2D eigenvalue weighted by atomic mass is 10.0. The molecule has 0 saturated heterocycles. The monoisotopic (exact) mass is 442 g/mol. The Balaban J connectivity index is 2.05. The first-order valence-electron chi connectivity index (χ1n) is 8.68. The Labute approximate surface area is 177 Å². The molecule has 0 spiro atoms. The fourth-order valence-electron chi connectivity index (χ4n) is 3.21. The lowest BCUT2D eigenvalue weighted by molar-refractivity contribution is -0.380. The molecule has 0 fully saturated rings. The van der Waals surface area contributed by atoms with E-state index >= 15 is 0 Å². The van der Waals surface area contributed by atoms with E-state index in [0.29, 0.717) is 5.69 Å². The Bertz CT molecular complexity index is 1410. The number of fused-ring (bicyclic) bond motifs is 1. The van der Waals surface area contributed by atoms with Crippen LogP contribution < -0.4 is 5.56 Å². The molecule has 4 rings (SSSR count). The van der Waals surface area contributed by atoms with Crippen LogP contribution in [0.2, 0.25) is 5.02 Å². The highest BCUT2D eigenvalue weighted by atomic mass is 35.5. The molecule has 0 N–H and O–H groups in total. The Morgan fingerprint density at radius 3 is 2.57 bits per heavy atom. The van der Waals surface area contributed by atoms with Gasteiger partial charge in [-0.3, -0.25) is 24.3 Å². The number of ketones is 1. The SMILES string of the molecule is Cc1cc(C(=O)c2c([N+](=O)[O-])sc3c2ccc(=O)n3-c2ccccc2Cl)ccc1F. The molecule has 0 bridgehead atoms. The Kier molecular flexibility index (Phi) is 4.97. The minimum absolute atomic E-state index is 0.118. The first-order valence-corrected chi connectivity index (χ1v) is 9.87. The quantitative estimate of drug-likeness (QED) is 0.244. The number of nitro groups is 1. The molecular formula is C21H12ClFN2O4S. The summed E-state index contributed by atoms with van der Waals surface area (Å²) in [6.07, 6.45) is 0. The van der Waals surface area contributed by atoms with Crippen LogP contribution in [0.25, 0.3) is 15.9 Å². The van der Waals surface area contributed by atoms with Gasteiger partial charge in [0.2, 0.25) is 5.78 Å². The van der Waals surface area contributed by atoms with E-state index in [2.05, 4.69) is 0 Å². The third-order valence-corrected chi connectivity index (χ3v) is 6.09. The lowest BCUT2D eigenvalue weighted by Gasteiger charge is -2.09. The second-order valence-electron chi connectivity index (χ2n) is 6.51. The van der Waals surface area contributed by atoms with Crippen LogP contribution in [0.3, 0.4) is 0 Å². The van der Waals surface area contributed by atoms with Crippen molar-refractivity contribution in [1.29, 1.82) is 0 Å². The van der Waals surface area contributed by atoms with Crippen LogP contribution in [0.4, 0.5) is 9.39 Å². The molecule has 4 aromatic rings. The zero-order valence-corrected chi connectivity index (χ0v) is 17.0. The number of aryl methyl sites for hydroxylation is 1. The number of thiophene rings is 1. The van der Waals surface area contributed by atoms with E-state index < -0.39 is 27.1 Å². The second kappa shape index (κ2) is 7.47. The number of nitrogens with zero attached hydrogens (tertiary/aromatic N) is 2. The van der Waals surface area contributed by atoms with Gasteiger partial charge in [-0.2, -0.15) is 0 Å². The van der Waals surface area contributed by atoms with Gasteiger partial charge in [0.05, 0.1) is 15.6 Å². The van der Waals surface area contributed by atoms with Gasteiger partial charge in [-0.25, -0.2) is 4.39 Å². The van der Waals surface area contributed by atoms with Crippen LogP contribution in [0.1, 0.15) is 21.5 Å². The van der Waals surface area contributed by atoms with Crippen LogP contribution in [0, 0.1) is 22.9 Å². The summed E-state index contributed by atoms with van der Waals surface area (Å²) in [6.45, 7) is 1.50. The predicted molar refractivity (Wildman–Crippen MR) is 114 cm³/mol. The summed E-state index contributed by atoms with van der Waals surface area (Å²) in [5.41, 5.74) is 0.126. The van der Waals surface area contributed by atoms with E-state index in [1.807, 2.05) is 0 Å². The summed E-state index contributed by atoms with van der Waals surface area (Å²) in [5, 5.41) is 11.9. The van der Waals surface area contributed by atoms with Gasteiger partial charge in [0.25, 0.3) is 5.56 Å². The van der Waals surface area contributed by atoms with Gasteiger partial charge in [-0.1, -0.05) is 23.7 Å². The van der Waals surface area contributed by atoms with Gasteiger partial charge in [-0.15, -0.1) is 0 Å². The van der Waals surface area contributed by atoms with Crippen LogP contribution in [0.15, 0.2) is 59.4 Å². The maximum Gasteiger partial charge on any atom is 0.337 e. The normalized spacial score (nSPS) is 11.0. The predicted octanol–water partition coefficient (Wildman–Crippen LogP) is 5.29. The van der Waals surface area contributed by atoms with Gasteiger partial charge in [0.15, 0.2) is 0 Å². The molecule has 0 amide bonds. The molecule has 2 aromatic carbocycles. The zero-order chi connectivity index (χ0) is 21.6. The number of aromatic nitrogens is 1.